The third-order valence-corrected chi connectivity index (χ3v) is 5.17. The number of ether oxygens (including phenoxy) is 2. The predicted molar refractivity (Wildman–Crippen MR) is 116 cm³/mol. The number of amides is 2. The number of aromatic amines is 1. The molecule has 0 saturated heterocycles. The number of carbonyl (C=O) groups is 2. The lowest BCUT2D eigenvalue weighted by Crippen LogP contribution is -2.41. The number of nitrogens with zero attached hydrogens (tertiary/aromatic N) is 2. The number of carbonyl (C=O) groups excluding carboxylic acids is 2. The Kier molecular flexibility index (Phi) is 7.14. The Hall–Kier alpha value is -3.10. The molecule has 1 saturated carbocycles. The van der Waals surface area contributed by atoms with Crippen molar-refractivity contribution in [3.05, 3.63) is 35.7 Å². The molecule has 2 heterocycles. The van der Waals surface area contributed by atoms with Crippen LogP contribution in [0, 0.1) is 5.92 Å². The van der Waals surface area contributed by atoms with E-state index in [0.29, 0.717) is 35.7 Å². The average molecular weight is 430 g/mol. The highest BCUT2D eigenvalue weighted by Gasteiger charge is 2.28. The Morgan fingerprint density at radius 2 is 2.10 bits per heavy atom. The molecule has 2 amide bonds. The zero-order chi connectivity index (χ0) is 22.4. The molecule has 0 aliphatic heterocycles. The lowest BCUT2D eigenvalue weighted by atomic mass is 10.0. The minimum absolute atomic E-state index is 0.151. The van der Waals surface area contributed by atoms with Crippen molar-refractivity contribution in [3.8, 4) is 5.88 Å². The number of pyridine rings is 1. The highest BCUT2D eigenvalue weighted by molar-refractivity contribution is 5.91. The van der Waals surface area contributed by atoms with Crippen molar-refractivity contribution in [3.63, 3.8) is 0 Å². The van der Waals surface area contributed by atoms with Crippen molar-refractivity contribution in [2.75, 3.05) is 19.0 Å². The van der Waals surface area contributed by atoms with E-state index in [0.717, 1.165) is 25.0 Å². The van der Waals surface area contributed by atoms with E-state index in [2.05, 4.69) is 25.8 Å². The van der Waals surface area contributed by atoms with E-state index < -0.39 is 0 Å². The molecule has 168 valence electrons. The largest absolute Gasteiger partial charge is 0.481 e. The second kappa shape index (κ2) is 9.80. The Morgan fingerprint density at radius 3 is 2.84 bits per heavy atom. The number of alkyl carbamates (subject to hydrolysis) is 1. The molecule has 2 aromatic rings. The van der Waals surface area contributed by atoms with Crippen LogP contribution >= 0.6 is 0 Å². The number of hydrogen-bond donors (Lipinski definition) is 3. The van der Waals surface area contributed by atoms with E-state index in [9.17, 15) is 9.59 Å². The summed E-state index contributed by atoms with van der Waals surface area (Å²) in [7, 11) is 1.53. The highest BCUT2D eigenvalue weighted by Crippen LogP contribution is 2.38. The quantitative estimate of drug-likeness (QED) is 0.621. The summed E-state index contributed by atoms with van der Waals surface area (Å²) in [6, 6.07) is 5.45. The lowest BCUT2D eigenvalue weighted by Gasteiger charge is -2.20. The van der Waals surface area contributed by atoms with E-state index in [1.807, 2.05) is 32.9 Å². The summed E-state index contributed by atoms with van der Waals surface area (Å²) in [6.07, 6.45) is 4.26. The molecule has 9 heteroatoms. The fourth-order valence-corrected chi connectivity index (χ4v) is 3.76. The molecule has 0 radical (unpaired) electrons. The van der Waals surface area contributed by atoms with Gasteiger partial charge in [0.15, 0.2) is 5.82 Å². The third kappa shape index (κ3) is 6.70. The fourth-order valence-electron chi connectivity index (χ4n) is 3.76. The summed E-state index contributed by atoms with van der Waals surface area (Å²) in [6.45, 7) is 6.16. The topological polar surface area (TPSA) is 118 Å². The first-order chi connectivity index (χ1) is 14.7. The predicted octanol–water partition coefficient (Wildman–Crippen LogP) is 3.40. The molecule has 1 aliphatic carbocycles. The Labute approximate surface area is 182 Å². The number of H-pyrrole nitrogens is 1. The summed E-state index contributed by atoms with van der Waals surface area (Å²) in [4.78, 5) is 28.3. The monoisotopic (exact) mass is 429 g/mol. The van der Waals surface area contributed by atoms with E-state index in [1.54, 1.807) is 12.3 Å². The summed E-state index contributed by atoms with van der Waals surface area (Å²) in [5, 5.41) is 12.9. The van der Waals surface area contributed by atoms with Gasteiger partial charge < -0.3 is 20.1 Å². The van der Waals surface area contributed by atoms with Gasteiger partial charge in [0.2, 0.25) is 11.8 Å². The number of nitrogens with one attached hydrogen (secondary N) is 3. The molecule has 2 aromatic heterocycles. The van der Waals surface area contributed by atoms with Gasteiger partial charge in [0.05, 0.1) is 20.1 Å². The van der Waals surface area contributed by atoms with E-state index in [1.165, 1.54) is 7.11 Å². The number of hydrogen-bond acceptors (Lipinski definition) is 6. The zero-order valence-corrected chi connectivity index (χ0v) is 18.5. The van der Waals surface area contributed by atoms with Crippen LogP contribution in [0.15, 0.2) is 24.4 Å². The molecule has 1 fully saturated rings. The molecule has 1 unspecified atom stereocenters. The van der Waals surface area contributed by atoms with Gasteiger partial charge in [0, 0.05) is 35.0 Å². The maximum absolute atomic E-state index is 12.4. The van der Waals surface area contributed by atoms with E-state index in [4.69, 9.17) is 9.47 Å². The van der Waals surface area contributed by atoms with Gasteiger partial charge in [0.25, 0.3) is 0 Å². The van der Waals surface area contributed by atoms with Crippen LogP contribution in [0.25, 0.3) is 0 Å². The second-order valence-corrected chi connectivity index (χ2v) is 8.95. The van der Waals surface area contributed by atoms with Crippen LogP contribution in [0.4, 0.5) is 10.6 Å². The van der Waals surface area contributed by atoms with Gasteiger partial charge in [-0.05, 0) is 52.0 Å². The highest BCUT2D eigenvalue weighted by atomic mass is 16.5. The summed E-state index contributed by atoms with van der Waals surface area (Å²) < 4.78 is 10.6. The van der Waals surface area contributed by atoms with Gasteiger partial charge in [-0.15, -0.1) is 0 Å². The molecule has 1 aliphatic rings. The molecule has 0 bridgehead atoms. The van der Waals surface area contributed by atoms with Gasteiger partial charge in [-0.2, -0.15) is 5.10 Å². The molecule has 3 N–H and O–H groups in total. The van der Waals surface area contributed by atoms with Gasteiger partial charge >= 0.3 is 6.09 Å². The van der Waals surface area contributed by atoms with Crippen LogP contribution in [0.3, 0.4) is 0 Å². The molecule has 0 spiro atoms. The summed E-state index contributed by atoms with van der Waals surface area (Å²) in [5.74, 6) is 1.36. The van der Waals surface area contributed by atoms with Gasteiger partial charge in [-0.3, -0.25) is 9.89 Å². The first-order valence-electron chi connectivity index (χ1n) is 10.5. The second-order valence-electron chi connectivity index (χ2n) is 8.95. The molecule has 2 atom stereocenters. The molecule has 3 rings (SSSR count). The molecule has 31 heavy (non-hydrogen) atoms. The van der Waals surface area contributed by atoms with Crippen LogP contribution in [-0.2, 0) is 16.0 Å². The number of aromatic nitrogens is 3. The summed E-state index contributed by atoms with van der Waals surface area (Å²) >= 11 is 0. The maximum Gasteiger partial charge on any atom is 0.407 e. The maximum atomic E-state index is 12.4. The minimum Gasteiger partial charge on any atom is -0.481 e. The van der Waals surface area contributed by atoms with Gasteiger partial charge in [-0.1, -0.05) is 6.07 Å². The minimum atomic E-state index is -0.382. The smallest absolute Gasteiger partial charge is 0.407 e. The Balaban J connectivity index is 1.47. The van der Waals surface area contributed by atoms with Crippen LogP contribution in [0.5, 0.6) is 5.88 Å². The van der Waals surface area contributed by atoms with Crippen LogP contribution in [0.2, 0.25) is 0 Å². The van der Waals surface area contributed by atoms with Gasteiger partial charge in [0.1, 0.15) is 0 Å². The number of anilines is 1. The van der Waals surface area contributed by atoms with Crippen molar-refractivity contribution in [2.45, 2.75) is 57.9 Å². The summed E-state index contributed by atoms with van der Waals surface area (Å²) in [5.41, 5.74) is 1.39. The Bertz CT molecular complexity index is 905. The Morgan fingerprint density at radius 1 is 1.29 bits per heavy atom. The number of rotatable bonds is 7. The lowest BCUT2D eigenvalue weighted by molar-refractivity contribution is -0.115. The SMILES string of the molecule is COc1ncccc1CC(=O)Nc1cc([C@H]2CCC(COC(=O)NC(C)(C)C)C2)[nH]n1. The third-order valence-electron chi connectivity index (χ3n) is 5.17. The average Bonchev–Trinajstić information content (AvgIpc) is 3.35. The fraction of sp³-hybridized carbons (Fsp3) is 0.545. The van der Waals surface area contributed by atoms with Gasteiger partial charge in [-0.25, -0.2) is 9.78 Å². The molecular weight excluding hydrogens is 398 g/mol. The molecule has 0 aromatic carbocycles. The number of methoxy groups -OCH3 is 1. The van der Waals surface area contributed by atoms with Crippen molar-refractivity contribution in [2.24, 2.45) is 5.92 Å². The van der Waals surface area contributed by atoms with Crippen LogP contribution in [-0.4, -0.2) is 46.4 Å². The standard InChI is InChI=1S/C22H31N5O4/c1-22(2,3)25-21(29)31-13-14-7-8-15(10-14)17-12-18(27-26-17)24-19(28)11-16-6-5-9-23-20(16)30-4/h5-6,9,12,14-15H,7-8,10-11,13H2,1-4H3,(H,25,29)(H2,24,26,27,28)/t14?,15-/m0/s1. The zero-order valence-electron chi connectivity index (χ0n) is 18.5. The van der Waals surface area contributed by atoms with Crippen molar-refractivity contribution in [1.29, 1.82) is 0 Å². The van der Waals surface area contributed by atoms with Crippen LogP contribution < -0.4 is 15.4 Å². The van der Waals surface area contributed by atoms with Crippen molar-refractivity contribution in [1.82, 2.24) is 20.5 Å². The van der Waals surface area contributed by atoms with Crippen molar-refractivity contribution >= 4 is 17.8 Å². The first-order valence-corrected chi connectivity index (χ1v) is 10.5. The normalized spacial score (nSPS) is 18.5. The van der Waals surface area contributed by atoms with E-state index >= 15 is 0 Å². The van der Waals surface area contributed by atoms with Crippen LogP contribution in [0.1, 0.15) is 57.2 Å². The van der Waals surface area contributed by atoms with Crippen molar-refractivity contribution < 1.29 is 19.1 Å². The first kappa shape index (κ1) is 22.6. The van der Waals surface area contributed by atoms with E-state index in [-0.39, 0.29) is 24.0 Å². The molecular formula is C22H31N5O4. The molecule has 9 nitrogen and oxygen atoms in total.